The second-order valence-corrected chi connectivity index (χ2v) is 3.34. The fourth-order valence-corrected chi connectivity index (χ4v) is 1.20. The van der Waals surface area contributed by atoms with Gasteiger partial charge in [-0.15, -0.1) is 0 Å². The molecular formula is C11H10F3NO3. The van der Waals surface area contributed by atoms with E-state index in [4.69, 9.17) is 0 Å². The molecule has 0 saturated heterocycles. The molecule has 1 aromatic rings. The summed E-state index contributed by atoms with van der Waals surface area (Å²) < 4.78 is 41.6. The second kappa shape index (κ2) is 5.52. The molecule has 7 heteroatoms. The number of nitrogens with one attached hydrogen (secondary N) is 1. The number of carbonyl (C=O) groups excluding carboxylic acids is 2. The number of esters is 1. The van der Waals surface area contributed by atoms with Crippen LogP contribution in [-0.2, 0) is 9.53 Å². The van der Waals surface area contributed by atoms with Crippen molar-refractivity contribution in [1.29, 1.82) is 0 Å². The Bertz CT molecular complexity index is 431. The number of halogens is 3. The monoisotopic (exact) mass is 261 g/mol. The summed E-state index contributed by atoms with van der Waals surface area (Å²) in [5.41, 5.74) is 0.0238. The van der Waals surface area contributed by atoms with Crippen LogP contribution < -0.4 is 5.32 Å². The zero-order valence-corrected chi connectivity index (χ0v) is 9.32. The van der Waals surface area contributed by atoms with Crippen molar-refractivity contribution in [2.24, 2.45) is 0 Å². The fraction of sp³-hybridized carbons (Fsp3) is 0.273. The van der Waals surface area contributed by atoms with E-state index in [0.29, 0.717) is 0 Å². The Morgan fingerprint density at radius 3 is 2.22 bits per heavy atom. The molecule has 0 aromatic heterocycles. The minimum Gasteiger partial charge on any atom is -0.467 e. The second-order valence-electron chi connectivity index (χ2n) is 3.34. The maximum Gasteiger partial charge on any atom is 0.419 e. The van der Waals surface area contributed by atoms with E-state index in [1.807, 2.05) is 0 Å². The van der Waals surface area contributed by atoms with E-state index in [1.165, 1.54) is 24.3 Å². The van der Waals surface area contributed by atoms with Crippen molar-refractivity contribution >= 4 is 11.9 Å². The quantitative estimate of drug-likeness (QED) is 0.839. The lowest BCUT2D eigenvalue weighted by molar-refractivity contribution is -0.180. The van der Waals surface area contributed by atoms with Gasteiger partial charge in [-0.05, 0) is 12.1 Å². The predicted octanol–water partition coefficient (Wildman–Crippen LogP) is 1.52. The van der Waals surface area contributed by atoms with Crippen LogP contribution in [0.4, 0.5) is 13.2 Å². The summed E-state index contributed by atoms with van der Waals surface area (Å²) >= 11 is 0. The molecule has 1 rings (SSSR count). The van der Waals surface area contributed by atoms with Gasteiger partial charge in [-0.2, -0.15) is 13.2 Å². The first-order valence-corrected chi connectivity index (χ1v) is 4.86. The van der Waals surface area contributed by atoms with Gasteiger partial charge in [0.15, 0.2) is 0 Å². The van der Waals surface area contributed by atoms with Crippen LogP contribution in [0.5, 0.6) is 0 Å². The number of rotatable bonds is 3. The van der Waals surface area contributed by atoms with Crippen molar-refractivity contribution in [3.05, 3.63) is 35.9 Å². The number of hydrogen-bond acceptors (Lipinski definition) is 3. The molecular weight excluding hydrogens is 251 g/mol. The maximum atomic E-state index is 12.5. The Morgan fingerprint density at radius 1 is 1.22 bits per heavy atom. The van der Waals surface area contributed by atoms with Gasteiger partial charge < -0.3 is 10.1 Å². The van der Waals surface area contributed by atoms with E-state index < -0.39 is 24.1 Å². The molecule has 1 aromatic carbocycles. The third-order valence-corrected chi connectivity index (χ3v) is 2.08. The molecule has 98 valence electrons. The van der Waals surface area contributed by atoms with Crippen LogP contribution in [-0.4, -0.2) is 31.2 Å². The zero-order valence-electron chi connectivity index (χ0n) is 9.32. The van der Waals surface area contributed by atoms with Gasteiger partial charge >= 0.3 is 12.1 Å². The van der Waals surface area contributed by atoms with Crippen molar-refractivity contribution in [3.63, 3.8) is 0 Å². The highest BCUT2D eigenvalue weighted by atomic mass is 19.4. The summed E-state index contributed by atoms with van der Waals surface area (Å²) in [5, 5.41) is 1.59. The number of amides is 1. The normalized spacial score (nSPS) is 12.7. The number of carbonyl (C=O) groups is 2. The molecule has 0 bridgehead atoms. The van der Waals surface area contributed by atoms with Crippen LogP contribution >= 0.6 is 0 Å². The largest absolute Gasteiger partial charge is 0.467 e. The molecule has 0 saturated carbocycles. The van der Waals surface area contributed by atoms with Gasteiger partial charge in [-0.25, -0.2) is 4.79 Å². The standard InChI is InChI=1S/C11H10F3NO3/c1-18-10(17)8(11(12,13)14)15-9(16)7-5-3-2-4-6-7/h2-6,8H,1H3,(H,15,16). The van der Waals surface area contributed by atoms with Crippen molar-refractivity contribution in [2.75, 3.05) is 7.11 Å². The molecule has 18 heavy (non-hydrogen) atoms. The average Bonchev–Trinajstić information content (AvgIpc) is 2.34. The molecule has 1 unspecified atom stereocenters. The molecule has 0 aliphatic rings. The Labute approximate surface area is 101 Å². The minimum absolute atomic E-state index is 0.0238. The van der Waals surface area contributed by atoms with E-state index in [1.54, 1.807) is 11.4 Å². The van der Waals surface area contributed by atoms with E-state index in [9.17, 15) is 22.8 Å². The van der Waals surface area contributed by atoms with Gasteiger partial charge in [-0.3, -0.25) is 4.79 Å². The molecule has 0 fully saturated rings. The van der Waals surface area contributed by atoms with Crippen LogP contribution in [0.25, 0.3) is 0 Å². The first-order valence-electron chi connectivity index (χ1n) is 4.86. The maximum absolute atomic E-state index is 12.5. The van der Waals surface area contributed by atoms with Crippen molar-refractivity contribution in [3.8, 4) is 0 Å². The number of ether oxygens (including phenoxy) is 1. The summed E-state index contributed by atoms with van der Waals surface area (Å²) in [4.78, 5) is 22.5. The summed E-state index contributed by atoms with van der Waals surface area (Å²) in [6.07, 6.45) is -4.91. The topological polar surface area (TPSA) is 55.4 Å². The average molecular weight is 261 g/mol. The lowest BCUT2D eigenvalue weighted by Crippen LogP contribution is -2.51. The van der Waals surface area contributed by atoms with Crippen molar-refractivity contribution in [2.45, 2.75) is 12.2 Å². The molecule has 0 radical (unpaired) electrons. The number of alkyl halides is 3. The third-order valence-electron chi connectivity index (χ3n) is 2.08. The summed E-state index contributed by atoms with van der Waals surface area (Å²) in [6, 6.07) is 4.60. The van der Waals surface area contributed by atoms with Crippen LogP contribution in [0.1, 0.15) is 10.4 Å². The molecule has 4 nitrogen and oxygen atoms in total. The SMILES string of the molecule is COC(=O)C(NC(=O)c1ccccc1)C(F)(F)F. The van der Waals surface area contributed by atoms with Gasteiger partial charge in [0.05, 0.1) is 7.11 Å². The molecule has 0 heterocycles. The highest BCUT2D eigenvalue weighted by Crippen LogP contribution is 2.21. The van der Waals surface area contributed by atoms with E-state index in [2.05, 4.69) is 4.74 Å². The van der Waals surface area contributed by atoms with Gasteiger partial charge in [0, 0.05) is 5.56 Å². The first-order chi connectivity index (χ1) is 8.36. The Kier molecular flexibility index (Phi) is 4.30. The third kappa shape index (κ3) is 3.47. The van der Waals surface area contributed by atoms with E-state index >= 15 is 0 Å². The number of benzene rings is 1. The van der Waals surface area contributed by atoms with Crippen LogP contribution in [0.2, 0.25) is 0 Å². The fourth-order valence-electron chi connectivity index (χ4n) is 1.20. The Balaban J connectivity index is 2.86. The van der Waals surface area contributed by atoms with Crippen LogP contribution in [0.3, 0.4) is 0 Å². The molecule has 0 aliphatic heterocycles. The lowest BCUT2D eigenvalue weighted by atomic mass is 10.2. The van der Waals surface area contributed by atoms with E-state index in [-0.39, 0.29) is 5.56 Å². The molecule has 1 amide bonds. The summed E-state index contributed by atoms with van der Waals surface area (Å²) in [6.45, 7) is 0. The smallest absolute Gasteiger partial charge is 0.419 e. The summed E-state index contributed by atoms with van der Waals surface area (Å²) in [7, 11) is 0.815. The number of methoxy groups -OCH3 is 1. The van der Waals surface area contributed by atoms with Gasteiger partial charge in [-0.1, -0.05) is 18.2 Å². The van der Waals surface area contributed by atoms with Gasteiger partial charge in [0.2, 0.25) is 6.04 Å². The molecule has 1 N–H and O–H groups in total. The summed E-state index contributed by atoms with van der Waals surface area (Å²) in [5.74, 6) is -2.56. The molecule has 0 spiro atoms. The molecule has 1 atom stereocenters. The highest BCUT2D eigenvalue weighted by Gasteiger charge is 2.47. The van der Waals surface area contributed by atoms with Crippen LogP contribution in [0, 0.1) is 0 Å². The molecule has 0 aliphatic carbocycles. The highest BCUT2D eigenvalue weighted by molar-refractivity contribution is 5.96. The van der Waals surface area contributed by atoms with Gasteiger partial charge in [0.25, 0.3) is 5.91 Å². The Hall–Kier alpha value is -2.05. The number of hydrogen-bond donors (Lipinski definition) is 1. The lowest BCUT2D eigenvalue weighted by Gasteiger charge is -2.19. The van der Waals surface area contributed by atoms with Gasteiger partial charge in [0.1, 0.15) is 0 Å². The Morgan fingerprint density at radius 2 is 1.78 bits per heavy atom. The van der Waals surface area contributed by atoms with Crippen LogP contribution in [0.15, 0.2) is 30.3 Å². The predicted molar refractivity (Wildman–Crippen MR) is 55.8 cm³/mol. The van der Waals surface area contributed by atoms with Crippen molar-refractivity contribution < 1.29 is 27.5 Å². The first kappa shape index (κ1) is 14.0. The zero-order chi connectivity index (χ0) is 13.8. The van der Waals surface area contributed by atoms with Crippen molar-refractivity contribution in [1.82, 2.24) is 5.32 Å². The minimum atomic E-state index is -4.91. The van der Waals surface area contributed by atoms with E-state index in [0.717, 1.165) is 7.11 Å².